The van der Waals surface area contributed by atoms with Gasteiger partial charge in [-0.25, -0.2) is 0 Å². The van der Waals surface area contributed by atoms with Crippen molar-refractivity contribution in [2.75, 3.05) is 61.7 Å². The van der Waals surface area contributed by atoms with E-state index in [1.165, 1.54) is 42.7 Å². The summed E-state index contributed by atoms with van der Waals surface area (Å²) in [6.07, 6.45) is 2.98. The summed E-state index contributed by atoms with van der Waals surface area (Å²) in [5.41, 5.74) is 0. The Morgan fingerprint density at radius 1 is 0.447 bits per heavy atom. The molecule has 12 nitrogen and oxygen atoms in total. The second kappa shape index (κ2) is 27.5. The first-order valence-electron chi connectivity index (χ1n) is 11.7. The van der Waals surface area contributed by atoms with Crippen molar-refractivity contribution in [2.24, 2.45) is 0 Å². The van der Waals surface area contributed by atoms with Gasteiger partial charge in [-0.05, 0) is 40.0 Å². The first-order chi connectivity index (χ1) is 16.7. The number of ether oxygens (including phenoxy) is 3. The molecule has 0 aliphatic carbocycles. The summed E-state index contributed by atoms with van der Waals surface area (Å²) in [6.45, 7) is 11.7. The Balaban J connectivity index is -0.000000140. The molecule has 0 N–H and O–H groups in total. The molecule has 0 heterocycles. The second-order valence-electron chi connectivity index (χ2n) is 7.47. The van der Waals surface area contributed by atoms with Gasteiger partial charge in [0.05, 0.1) is 18.3 Å². The molecule has 238 valence electrons. The summed E-state index contributed by atoms with van der Waals surface area (Å²) >= 11 is 0. The number of hydrogen-bond donors (Lipinski definition) is 0. The summed E-state index contributed by atoms with van der Waals surface area (Å²) < 4.78 is 78.0. The Morgan fingerprint density at radius 2 is 0.605 bits per heavy atom. The first kappa shape index (κ1) is 48.1. The second-order valence-corrected chi connectivity index (χ2v) is 14.1. The van der Waals surface area contributed by atoms with Crippen LogP contribution in [0.2, 0.25) is 0 Å². The predicted octanol–water partition coefficient (Wildman–Crippen LogP) is 8.01. The van der Waals surface area contributed by atoms with E-state index in [9.17, 15) is 13.7 Å². The fourth-order valence-corrected chi connectivity index (χ4v) is 3.94. The van der Waals surface area contributed by atoms with Crippen molar-refractivity contribution in [3.63, 3.8) is 0 Å². The largest absolute Gasteiger partial charge is 0.366 e. The van der Waals surface area contributed by atoms with Gasteiger partial charge in [0.2, 0.25) is 0 Å². The minimum absolute atomic E-state index is 0. The van der Waals surface area contributed by atoms with Crippen LogP contribution in [-0.4, -0.2) is 80.0 Å². The summed E-state index contributed by atoms with van der Waals surface area (Å²) in [5.74, 6) is 0. The van der Waals surface area contributed by atoms with Gasteiger partial charge in [0.15, 0.2) is 0 Å². The Bertz CT molecular complexity index is 542. The lowest BCUT2D eigenvalue weighted by atomic mass is 10.3. The van der Waals surface area contributed by atoms with Crippen molar-refractivity contribution >= 4 is 22.8 Å². The van der Waals surface area contributed by atoms with Gasteiger partial charge in [0.1, 0.15) is 19.0 Å². The fourth-order valence-electron chi connectivity index (χ4n) is 1.55. The van der Waals surface area contributed by atoms with Crippen LogP contribution in [0.5, 0.6) is 0 Å². The quantitative estimate of drug-likeness (QED) is 0.137. The highest BCUT2D eigenvalue weighted by atomic mass is 31.2. The summed E-state index contributed by atoms with van der Waals surface area (Å²) in [4.78, 5) is 0. The van der Waals surface area contributed by atoms with E-state index < -0.39 is 22.8 Å². The highest BCUT2D eigenvalue weighted by Crippen LogP contribution is 2.47. The van der Waals surface area contributed by atoms with Gasteiger partial charge in [-0.15, -0.1) is 0 Å². The molecule has 0 saturated carbocycles. The molecule has 0 aromatic carbocycles. The van der Waals surface area contributed by atoms with E-state index in [2.05, 4.69) is 0 Å². The minimum Gasteiger partial charge on any atom is -0.366 e. The van der Waals surface area contributed by atoms with Gasteiger partial charge in [0.25, 0.3) is 0 Å². The molecule has 0 aromatic rings. The molecule has 0 bridgehead atoms. The standard InChI is InChI=1S/3C7H17O4P.2CH4/c3*1-5-7(2)11-6-12(8,9-3)10-4;;/h3*7H,5-6H2,1-4H3;2*1H4/t3*7-;;/m111../s1. The van der Waals surface area contributed by atoms with Crippen molar-refractivity contribution in [3.8, 4) is 0 Å². The lowest BCUT2D eigenvalue weighted by Gasteiger charge is -2.16. The molecule has 0 radical (unpaired) electrons. The van der Waals surface area contributed by atoms with Crippen LogP contribution >= 0.6 is 22.8 Å². The van der Waals surface area contributed by atoms with E-state index in [4.69, 9.17) is 41.4 Å². The average Bonchev–Trinajstić information content (AvgIpc) is 2.93. The molecule has 0 unspecified atom stereocenters. The molecule has 0 saturated heterocycles. The topological polar surface area (TPSA) is 134 Å². The van der Waals surface area contributed by atoms with Crippen molar-refractivity contribution < 1.29 is 55.0 Å². The van der Waals surface area contributed by atoms with Crippen molar-refractivity contribution in [1.29, 1.82) is 0 Å². The SMILES string of the molecule is C.C.CC[C@@H](C)OCP(=O)(OC)OC.CC[C@@H](C)OCP(=O)(OC)OC.CC[C@@H](C)OCP(=O)(OC)OC. The lowest BCUT2D eigenvalue weighted by Crippen LogP contribution is -2.09. The van der Waals surface area contributed by atoms with Crippen LogP contribution in [-0.2, 0) is 55.0 Å². The Kier molecular flexibility index (Phi) is 34.8. The minimum atomic E-state index is -2.97. The lowest BCUT2D eigenvalue weighted by molar-refractivity contribution is 0.0806. The van der Waals surface area contributed by atoms with E-state index in [1.807, 2.05) is 41.5 Å². The number of hydrogen-bond acceptors (Lipinski definition) is 12. The maximum Gasteiger partial charge on any atom is 0.355 e. The third kappa shape index (κ3) is 25.3. The zero-order chi connectivity index (χ0) is 28.8. The van der Waals surface area contributed by atoms with Gasteiger partial charge in [-0.2, -0.15) is 0 Å². The highest BCUT2D eigenvalue weighted by molar-refractivity contribution is 7.54. The van der Waals surface area contributed by atoms with Crippen LogP contribution in [0, 0.1) is 0 Å². The van der Waals surface area contributed by atoms with Gasteiger partial charge in [0, 0.05) is 42.7 Å². The van der Waals surface area contributed by atoms with E-state index in [0.29, 0.717) is 0 Å². The van der Waals surface area contributed by atoms with Gasteiger partial charge >= 0.3 is 22.8 Å². The molecule has 0 spiro atoms. The molecule has 0 aliphatic rings. The Hall–Kier alpha value is 0.330. The summed E-state index contributed by atoms with van der Waals surface area (Å²) in [5, 5.41) is 0. The third-order valence-corrected chi connectivity index (χ3v) is 9.68. The first-order valence-corrected chi connectivity index (χ1v) is 16.9. The zero-order valence-corrected chi connectivity index (χ0v) is 26.9. The van der Waals surface area contributed by atoms with Gasteiger partial charge in [-0.1, -0.05) is 35.6 Å². The Labute approximate surface area is 233 Å². The molecule has 15 heteroatoms. The van der Waals surface area contributed by atoms with Crippen molar-refractivity contribution in [1.82, 2.24) is 0 Å². The van der Waals surface area contributed by atoms with Crippen molar-refractivity contribution in [2.45, 2.75) is 94.0 Å². The molecular formula is C23H59O12P3. The zero-order valence-electron chi connectivity index (χ0n) is 24.2. The van der Waals surface area contributed by atoms with E-state index in [1.54, 1.807) is 0 Å². The van der Waals surface area contributed by atoms with Crippen molar-refractivity contribution in [3.05, 3.63) is 0 Å². The maximum atomic E-state index is 11.4. The molecule has 0 fully saturated rings. The van der Waals surface area contributed by atoms with E-state index >= 15 is 0 Å². The highest BCUT2D eigenvalue weighted by Gasteiger charge is 2.23. The van der Waals surface area contributed by atoms with Gasteiger partial charge < -0.3 is 41.4 Å². The van der Waals surface area contributed by atoms with Crippen LogP contribution in [0.15, 0.2) is 0 Å². The van der Waals surface area contributed by atoms with Crippen LogP contribution in [0.25, 0.3) is 0 Å². The summed E-state index contributed by atoms with van der Waals surface area (Å²) in [7, 11) is -0.803. The normalized spacial score (nSPS) is 13.9. The van der Waals surface area contributed by atoms with Crippen LogP contribution in [0.4, 0.5) is 0 Å². The fraction of sp³-hybridized carbons (Fsp3) is 1.00. The molecule has 38 heavy (non-hydrogen) atoms. The smallest absolute Gasteiger partial charge is 0.355 e. The molecule has 0 rings (SSSR count). The van der Waals surface area contributed by atoms with Crippen LogP contribution < -0.4 is 0 Å². The monoisotopic (exact) mass is 620 g/mol. The number of rotatable bonds is 18. The van der Waals surface area contributed by atoms with Crippen LogP contribution in [0.3, 0.4) is 0 Å². The predicted molar refractivity (Wildman–Crippen MR) is 155 cm³/mol. The van der Waals surface area contributed by atoms with Gasteiger partial charge in [-0.3, -0.25) is 13.7 Å². The molecule has 0 aliphatic heterocycles. The molecule has 0 amide bonds. The molecular weight excluding hydrogens is 561 g/mol. The molecule has 3 atom stereocenters. The average molecular weight is 621 g/mol. The van der Waals surface area contributed by atoms with E-state index in [-0.39, 0.29) is 52.2 Å². The maximum absolute atomic E-state index is 11.4. The van der Waals surface area contributed by atoms with Crippen LogP contribution in [0.1, 0.15) is 75.7 Å². The molecule has 0 aromatic heterocycles. The van der Waals surface area contributed by atoms with E-state index in [0.717, 1.165) is 19.3 Å². The third-order valence-electron chi connectivity index (χ3n) is 4.95. The summed E-state index contributed by atoms with van der Waals surface area (Å²) in [6, 6.07) is 0. The Morgan fingerprint density at radius 3 is 0.711 bits per heavy atom.